The van der Waals surface area contributed by atoms with Crippen molar-refractivity contribution in [2.24, 2.45) is 5.92 Å². The summed E-state index contributed by atoms with van der Waals surface area (Å²) in [4.78, 5) is 14.9. The number of likely N-dealkylation sites (tertiary alicyclic amines) is 1. The molecule has 0 saturated carbocycles. The molecule has 2 aliphatic rings. The molecule has 2 fully saturated rings. The number of nitrogens with zero attached hydrogens (tertiary/aromatic N) is 4. The number of rotatable bonds is 7. The summed E-state index contributed by atoms with van der Waals surface area (Å²) < 4.78 is 25.4. The average molecular weight is 434 g/mol. The summed E-state index contributed by atoms with van der Waals surface area (Å²) in [7, 11) is -3.17. The molecule has 8 nitrogen and oxygen atoms in total. The van der Waals surface area contributed by atoms with Crippen LogP contribution in [0.1, 0.15) is 32.1 Å². The van der Waals surface area contributed by atoms with Gasteiger partial charge in [0, 0.05) is 31.3 Å². The van der Waals surface area contributed by atoms with Crippen LogP contribution < -0.4 is 5.32 Å². The molecule has 1 aromatic heterocycles. The molecule has 2 aliphatic heterocycles. The second-order valence-corrected chi connectivity index (χ2v) is 11.4. The maximum atomic E-state index is 12.4. The van der Waals surface area contributed by atoms with E-state index in [1.165, 1.54) is 54.2 Å². The monoisotopic (exact) mass is 433 g/mol. The molecule has 2 saturated heterocycles. The summed E-state index contributed by atoms with van der Waals surface area (Å²) >= 11 is 3.08. The minimum atomic E-state index is -3.17. The predicted molar refractivity (Wildman–Crippen MR) is 109 cm³/mol. The fourth-order valence-electron chi connectivity index (χ4n) is 3.42. The molecule has 3 heterocycles. The Kier molecular flexibility index (Phi) is 7.49. The number of carbonyl (C=O) groups excluding carboxylic acids is 1. The molecule has 3 rings (SSSR count). The summed E-state index contributed by atoms with van der Waals surface area (Å²) in [5, 5.41) is 11.6. The van der Waals surface area contributed by atoms with Crippen molar-refractivity contribution < 1.29 is 13.2 Å². The van der Waals surface area contributed by atoms with Crippen LogP contribution in [0.15, 0.2) is 4.34 Å². The smallest absolute Gasteiger partial charge is 0.229 e. The second kappa shape index (κ2) is 9.64. The SMILES string of the molecule is CS(=O)(=O)N1CCC(C(=O)Nc2nnc(SCCN3CCCCC3)s2)CC1. The molecule has 1 aromatic rings. The third-order valence-corrected chi connectivity index (χ3v) is 8.27. The topological polar surface area (TPSA) is 95.5 Å². The Morgan fingerprint density at radius 2 is 1.89 bits per heavy atom. The number of carbonyl (C=O) groups is 1. The number of sulfonamides is 1. The Morgan fingerprint density at radius 3 is 2.56 bits per heavy atom. The maximum absolute atomic E-state index is 12.4. The number of hydrogen-bond acceptors (Lipinski definition) is 8. The first-order chi connectivity index (χ1) is 12.9. The summed E-state index contributed by atoms with van der Waals surface area (Å²) in [6.45, 7) is 4.23. The van der Waals surface area contributed by atoms with Crippen LogP contribution in [0, 0.1) is 5.92 Å². The largest absolute Gasteiger partial charge is 0.303 e. The van der Waals surface area contributed by atoms with Gasteiger partial charge in [-0.1, -0.05) is 29.5 Å². The Hall–Kier alpha value is -0.750. The Bertz CT molecular complexity index is 725. The Labute approximate surface area is 169 Å². The lowest BCUT2D eigenvalue weighted by Crippen LogP contribution is -2.40. The molecular weight excluding hydrogens is 406 g/mol. The van der Waals surface area contributed by atoms with Crippen LogP contribution >= 0.6 is 23.1 Å². The molecule has 0 radical (unpaired) electrons. The van der Waals surface area contributed by atoms with Crippen LogP contribution in [0.3, 0.4) is 0 Å². The highest BCUT2D eigenvalue weighted by Gasteiger charge is 2.29. The zero-order chi connectivity index (χ0) is 19.3. The highest BCUT2D eigenvalue weighted by Crippen LogP contribution is 2.27. The molecule has 0 spiro atoms. The van der Waals surface area contributed by atoms with Gasteiger partial charge in [0.25, 0.3) is 0 Å². The van der Waals surface area contributed by atoms with Crippen molar-refractivity contribution in [3.05, 3.63) is 0 Å². The molecule has 0 atom stereocenters. The van der Waals surface area contributed by atoms with Crippen molar-refractivity contribution in [3.8, 4) is 0 Å². The Balaban J connectivity index is 1.40. The minimum absolute atomic E-state index is 0.0934. The van der Waals surface area contributed by atoms with Gasteiger partial charge in [-0.3, -0.25) is 4.79 Å². The van der Waals surface area contributed by atoms with Gasteiger partial charge >= 0.3 is 0 Å². The van der Waals surface area contributed by atoms with Gasteiger partial charge < -0.3 is 10.2 Å². The number of anilines is 1. The predicted octanol–water partition coefficient (Wildman–Crippen LogP) is 1.73. The number of thioether (sulfide) groups is 1. The minimum Gasteiger partial charge on any atom is -0.303 e. The standard InChI is InChI=1S/C16H27N5O3S3/c1-27(23,24)21-9-5-13(6-10-21)14(22)17-15-18-19-16(26-15)25-12-11-20-7-3-2-4-8-20/h13H,2-12H2,1H3,(H,17,18,22). The first kappa shape index (κ1) is 21.0. The van der Waals surface area contributed by atoms with Crippen LogP contribution in [0.2, 0.25) is 0 Å². The maximum Gasteiger partial charge on any atom is 0.229 e. The van der Waals surface area contributed by atoms with Crippen molar-refractivity contribution in [3.63, 3.8) is 0 Å². The normalized spacial score (nSPS) is 20.6. The van der Waals surface area contributed by atoms with Gasteiger partial charge in [0.05, 0.1) is 6.26 Å². The number of amides is 1. The average Bonchev–Trinajstić information content (AvgIpc) is 3.09. The number of aromatic nitrogens is 2. The van der Waals surface area contributed by atoms with E-state index in [2.05, 4.69) is 20.4 Å². The third-order valence-electron chi connectivity index (χ3n) is 5.01. The first-order valence-electron chi connectivity index (χ1n) is 9.36. The fourth-order valence-corrected chi connectivity index (χ4v) is 6.12. The molecular formula is C16H27N5O3S3. The first-order valence-corrected chi connectivity index (χ1v) is 13.0. The fraction of sp³-hybridized carbons (Fsp3) is 0.812. The zero-order valence-electron chi connectivity index (χ0n) is 15.6. The van der Waals surface area contributed by atoms with E-state index in [-0.39, 0.29) is 11.8 Å². The van der Waals surface area contributed by atoms with E-state index in [4.69, 9.17) is 0 Å². The summed E-state index contributed by atoms with van der Waals surface area (Å²) in [6, 6.07) is 0. The van der Waals surface area contributed by atoms with E-state index in [1.807, 2.05) is 0 Å². The van der Waals surface area contributed by atoms with E-state index >= 15 is 0 Å². The van der Waals surface area contributed by atoms with Crippen LogP contribution in [0.4, 0.5) is 5.13 Å². The van der Waals surface area contributed by atoms with E-state index in [1.54, 1.807) is 11.8 Å². The van der Waals surface area contributed by atoms with Gasteiger partial charge in [-0.2, -0.15) is 0 Å². The Morgan fingerprint density at radius 1 is 1.19 bits per heavy atom. The van der Waals surface area contributed by atoms with Gasteiger partial charge in [0.1, 0.15) is 0 Å². The van der Waals surface area contributed by atoms with E-state index in [0.29, 0.717) is 31.1 Å². The molecule has 152 valence electrons. The van der Waals surface area contributed by atoms with E-state index in [0.717, 1.165) is 16.6 Å². The number of hydrogen-bond donors (Lipinski definition) is 1. The summed E-state index contributed by atoms with van der Waals surface area (Å²) in [5.41, 5.74) is 0. The molecule has 0 aliphatic carbocycles. The molecule has 0 bridgehead atoms. The second-order valence-electron chi connectivity index (χ2n) is 7.05. The molecule has 0 unspecified atom stereocenters. The van der Waals surface area contributed by atoms with Crippen molar-refractivity contribution in [1.82, 2.24) is 19.4 Å². The van der Waals surface area contributed by atoms with Gasteiger partial charge in [0.15, 0.2) is 4.34 Å². The quantitative estimate of drug-likeness (QED) is 0.517. The van der Waals surface area contributed by atoms with Crippen LogP contribution in [-0.2, 0) is 14.8 Å². The number of nitrogens with one attached hydrogen (secondary N) is 1. The lowest BCUT2D eigenvalue weighted by Gasteiger charge is -2.29. The van der Waals surface area contributed by atoms with Crippen LogP contribution in [-0.4, -0.2) is 78.5 Å². The van der Waals surface area contributed by atoms with Gasteiger partial charge in [-0.15, -0.1) is 10.2 Å². The number of piperidine rings is 2. The summed E-state index contributed by atoms with van der Waals surface area (Å²) in [6.07, 6.45) is 6.21. The van der Waals surface area contributed by atoms with E-state index in [9.17, 15) is 13.2 Å². The van der Waals surface area contributed by atoms with E-state index < -0.39 is 10.0 Å². The zero-order valence-corrected chi connectivity index (χ0v) is 18.0. The van der Waals surface area contributed by atoms with Gasteiger partial charge in [0.2, 0.25) is 21.1 Å². The molecule has 1 amide bonds. The van der Waals surface area contributed by atoms with Crippen molar-refractivity contribution in [2.45, 2.75) is 36.4 Å². The van der Waals surface area contributed by atoms with Crippen LogP contribution in [0.5, 0.6) is 0 Å². The van der Waals surface area contributed by atoms with Crippen LogP contribution in [0.25, 0.3) is 0 Å². The molecule has 1 N–H and O–H groups in total. The van der Waals surface area contributed by atoms with Gasteiger partial charge in [-0.05, 0) is 38.8 Å². The third kappa shape index (κ3) is 6.38. The van der Waals surface area contributed by atoms with Gasteiger partial charge in [-0.25, -0.2) is 12.7 Å². The van der Waals surface area contributed by atoms with Crippen molar-refractivity contribution in [2.75, 3.05) is 50.0 Å². The lowest BCUT2D eigenvalue weighted by atomic mass is 9.97. The molecule has 0 aromatic carbocycles. The summed E-state index contributed by atoms with van der Waals surface area (Å²) in [5.74, 6) is 0.707. The highest BCUT2D eigenvalue weighted by molar-refractivity contribution is 8.01. The molecule has 11 heteroatoms. The molecule has 27 heavy (non-hydrogen) atoms. The lowest BCUT2D eigenvalue weighted by molar-refractivity contribution is -0.120. The van der Waals surface area contributed by atoms with Crippen molar-refractivity contribution >= 4 is 44.2 Å². The highest BCUT2D eigenvalue weighted by atomic mass is 32.2. The van der Waals surface area contributed by atoms with Crippen molar-refractivity contribution in [1.29, 1.82) is 0 Å².